The van der Waals surface area contributed by atoms with Gasteiger partial charge in [-0.3, -0.25) is 0 Å². The highest BCUT2D eigenvalue weighted by Gasteiger charge is 2.53. The number of rotatable bonds is 0. The zero-order chi connectivity index (χ0) is 10.5. The van der Waals surface area contributed by atoms with Crippen LogP contribution in [-0.2, 0) is 9.47 Å². The summed E-state index contributed by atoms with van der Waals surface area (Å²) in [4.78, 5) is 0. The number of fused-ring (bicyclic) bond motifs is 2. The Kier molecular flexibility index (Phi) is 2.02. The molecule has 84 valence electrons. The van der Waals surface area contributed by atoms with Gasteiger partial charge in [-0.15, -0.1) is 0 Å². The molecule has 0 amide bonds. The molecule has 3 rings (SSSR count). The van der Waals surface area contributed by atoms with Crippen LogP contribution < -0.4 is 0 Å². The Morgan fingerprint density at radius 2 is 1.93 bits per heavy atom. The highest BCUT2D eigenvalue weighted by molar-refractivity contribution is 5.10. The van der Waals surface area contributed by atoms with Crippen molar-refractivity contribution in [3.63, 3.8) is 0 Å². The zero-order valence-corrected chi connectivity index (χ0v) is 9.66. The van der Waals surface area contributed by atoms with E-state index < -0.39 is 0 Å². The second kappa shape index (κ2) is 3.08. The molecule has 2 aliphatic carbocycles. The molecule has 1 aliphatic heterocycles. The predicted octanol–water partition coefficient (Wildman–Crippen LogP) is 2.74. The predicted molar refractivity (Wildman–Crippen MR) is 58.4 cm³/mol. The van der Waals surface area contributed by atoms with Crippen molar-refractivity contribution in [1.29, 1.82) is 0 Å². The molecule has 1 saturated heterocycles. The largest absolute Gasteiger partial charge is 0.349 e. The number of hydrogen-bond acceptors (Lipinski definition) is 2. The molecule has 2 atom stereocenters. The highest BCUT2D eigenvalue weighted by atomic mass is 16.7. The Labute approximate surface area is 91.6 Å². The van der Waals surface area contributed by atoms with Crippen molar-refractivity contribution in [2.75, 3.05) is 13.2 Å². The third-order valence-electron chi connectivity index (χ3n) is 4.10. The lowest BCUT2D eigenvalue weighted by Crippen LogP contribution is -2.50. The summed E-state index contributed by atoms with van der Waals surface area (Å²) in [6, 6.07) is 0. The summed E-state index contributed by atoms with van der Waals surface area (Å²) < 4.78 is 12.2. The minimum Gasteiger partial charge on any atom is -0.349 e. The molecule has 0 unspecified atom stereocenters. The van der Waals surface area contributed by atoms with Crippen molar-refractivity contribution >= 4 is 0 Å². The van der Waals surface area contributed by atoms with Crippen molar-refractivity contribution in [2.45, 2.75) is 38.9 Å². The van der Waals surface area contributed by atoms with Crippen LogP contribution in [0, 0.1) is 17.3 Å². The van der Waals surface area contributed by atoms with Gasteiger partial charge in [0.2, 0.25) is 0 Å². The van der Waals surface area contributed by atoms with Crippen molar-refractivity contribution in [3.8, 4) is 0 Å². The smallest absolute Gasteiger partial charge is 0.171 e. The molecule has 0 radical (unpaired) electrons. The lowest BCUT2D eigenvalue weighted by molar-refractivity contribution is -0.314. The van der Waals surface area contributed by atoms with E-state index in [1.165, 1.54) is 6.42 Å². The molecule has 0 aromatic carbocycles. The summed E-state index contributed by atoms with van der Waals surface area (Å²) >= 11 is 0. The summed E-state index contributed by atoms with van der Waals surface area (Å²) in [6.45, 7) is 6.10. The fourth-order valence-corrected chi connectivity index (χ4v) is 3.14. The van der Waals surface area contributed by atoms with Gasteiger partial charge in [0.1, 0.15) is 0 Å². The molecule has 3 aliphatic rings. The number of ether oxygens (including phenoxy) is 2. The summed E-state index contributed by atoms with van der Waals surface area (Å²) in [5.74, 6) is 1.07. The highest BCUT2D eigenvalue weighted by Crippen LogP contribution is 2.51. The first-order valence-corrected chi connectivity index (χ1v) is 6.06. The molecule has 1 saturated carbocycles. The van der Waals surface area contributed by atoms with Crippen LogP contribution in [0.1, 0.15) is 33.1 Å². The average Bonchev–Trinajstić information content (AvgIpc) is 2.74. The Morgan fingerprint density at radius 3 is 2.67 bits per heavy atom. The molecule has 0 aromatic rings. The average molecular weight is 208 g/mol. The molecular formula is C13H20O2. The van der Waals surface area contributed by atoms with Gasteiger partial charge in [0.25, 0.3) is 0 Å². The van der Waals surface area contributed by atoms with Gasteiger partial charge in [-0.1, -0.05) is 26.0 Å². The van der Waals surface area contributed by atoms with Crippen LogP contribution >= 0.6 is 0 Å². The molecule has 2 heteroatoms. The second-order valence-electron chi connectivity index (χ2n) is 6.03. The van der Waals surface area contributed by atoms with Gasteiger partial charge in [-0.2, -0.15) is 0 Å². The summed E-state index contributed by atoms with van der Waals surface area (Å²) in [5.41, 5.74) is 0.190. The van der Waals surface area contributed by atoms with E-state index in [-0.39, 0.29) is 11.2 Å². The maximum Gasteiger partial charge on any atom is 0.171 e. The number of allylic oxidation sites excluding steroid dienone is 2. The minimum absolute atomic E-state index is 0.190. The van der Waals surface area contributed by atoms with Crippen LogP contribution in [0.4, 0.5) is 0 Å². The van der Waals surface area contributed by atoms with Crippen molar-refractivity contribution < 1.29 is 9.47 Å². The Balaban J connectivity index is 1.77. The maximum absolute atomic E-state index is 6.09. The molecule has 0 bridgehead atoms. The van der Waals surface area contributed by atoms with Gasteiger partial charge in [-0.25, -0.2) is 0 Å². The Hall–Kier alpha value is -0.340. The molecule has 0 aromatic heterocycles. The maximum atomic E-state index is 6.09. The van der Waals surface area contributed by atoms with Crippen molar-refractivity contribution in [1.82, 2.24) is 0 Å². The first kappa shape index (κ1) is 9.86. The monoisotopic (exact) mass is 208 g/mol. The molecule has 2 fully saturated rings. The van der Waals surface area contributed by atoms with Crippen LogP contribution in [0.3, 0.4) is 0 Å². The molecule has 0 N–H and O–H groups in total. The van der Waals surface area contributed by atoms with Crippen LogP contribution in [0.5, 0.6) is 0 Å². The first-order valence-electron chi connectivity index (χ1n) is 6.06. The van der Waals surface area contributed by atoms with E-state index in [1.54, 1.807) is 0 Å². The van der Waals surface area contributed by atoms with E-state index >= 15 is 0 Å². The molecular weight excluding hydrogens is 188 g/mol. The Bertz CT molecular complexity index is 283. The molecule has 1 heterocycles. The Morgan fingerprint density at radius 1 is 1.20 bits per heavy atom. The standard InChI is InChI=1S/C13H20O2/c1-12(2)8-14-13(15-9-12)7-6-10-4-3-5-11(10)13/h3-4,10-11H,5-9H2,1-2H3/t10-,11-/m0/s1. The summed E-state index contributed by atoms with van der Waals surface area (Å²) in [7, 11) is 0. The van der Waals surface area contributed by atoms with E-state index in [0.717, 1.165) is 26.1 Å². The van der Waals surface area contributed by atoms with E-state index in [1.807, 2.05) is 0 Å². The topological polar surface area (TPSA) is 18.5 Å². The van der Waals surface area contributed by atoms with Crippen LogP contribution in [-0.4, -0.2) is 19.0 Å². The molecule has 15 heavy (non-hydrogen) atoms. The molecule has 1 spiro atoms. The lowest BCUT2D eigenvalue weighted by Gasteiger charge is -2.44. The van der Waals surface area contributed by atoms with E-state index in [9.17, 15) is 0 Å². The van der Waals surface area contributed by atoms with Gasteiger partial charge in [0, 0.05) is 17.8 Å². The van der Waals surface area contributed by atoms with Gasteiger partial charge in [0.05, 0.1) is 13.2 Å². The summed E-state index contributed by atoms with van der Waals surface area (Å²) in [6.07, 6.45) is 8.12. The van der Waals surface area contributed by atoms with Gasteiger partial charge >= 0.3 is 0 Å². The minimum atomic E-state index is -0.232. The van der Waals surface area contributed by atoms with Gasteiger partial charge in [-0.05, 0) is 18.8 Å². The van der Waals surface area contributed by atoms with Gasteiger partial charge in [0.15, 0.2) is 5.79 Å². The zero-order valence-electron chi connectivity index (χ0n) is 9.66. The summed E-state index contributed by atoms with van der Waals surface area (Å²) in [5, 5.41) is 0. The first-order chi connectivity index (χ1) is 7.11. The van der Waals surface area contributed by atoms with E-state index in [2.05, 4.69) is 26.0 Å². The van der Waals surface area contributed by atoms with Crippen LogP contribution in [0.15, 0.2) is 12.2 Å². The fraction of sp³-hybridized carbons (Fsp3) is 0.846. The molecule has 2 nitrogen and oxygen atoms in total. The lowest BCUT2D eigenvalue weighted by atomic mass is 9.90. The second-order valence-corrected chi connectivity index (χ2v) is 6.03. The number of hydrogen-bond donors (Lipinski definition) is 0. The third-order valence-corrected chi connectivity index (χ3v) is 4.10. The van der Waals surface area contributed by atoms with Crippen LogP contribution in [0.2, 0.25) is 0 Å². The van der Waals surface area contributed by atoms with Crippen LogP contribution in [0.25, 0.3) is 0 Å². The van der Waals surface area contributed by atoms with Gasteiger partial charge < -0.3 is 9.47 Å². The van der Waals surface area contributed by atoms with E-state index in [4.69, 9.17) is 9.47 Å². The SMILES string of the molecule is CC1(C)COC2(CC[C@@H]3C=CC[C@@H]32)OC1. The van der Waals surface area contributed by atoms with Crippen molar-refractivity contribution in [3.05, 3.63) is 12.2 Å². The van der Waals surface area contributed by atoms with E-state index in [0.29, 0.717) is 11.8 Å². The normalized spacial score (nSPS) is 40.9. The quantitative estimate of drug-likeness (QED) is 0.570. The third kappa shape index (κ3) is 1.46. The van der Waals surface area contributed by atoms with Crippen molar-refractivity contribution in [2.24, 2.45) is 17.3 Å². The fourth-order valence-electron chi connectivity index (χ4n) is 3.14.